The lowest BCUT2D eigenvalue weighted by molar-refractivity contribution is -0.121. The highest BCUT2D eigenvalue weighted by molar-refractivity contribution is 5.97. The second-order valence-corrected chi connectivity index (χ2v) is 5.51. The summed E-state index contributed by atoms with van der Waals surface area (Å²) in [6.07, 6.45) is 2.48. The summed E-state index contributed by atoms with van der Waals surface area (Å²) >= 11 is 0. The van der Waals surface area contributed by atoms with Crippen LogP contribution in [0.5, 0.6) is 0 Å². The highest BCUT2D eigenvalue weighted by Gasteiger charge is 2.09. The Morgan fingerprint density at radius 3 is 2.30 bits per heavy atom. The number of hydrogen-bond acceptors (Lipinski definition) is 2. The van der Waals surface area contributed by atoms with E-state index < -0.39 is 0 Å². The fourth-order valence-corrected chi connectivity index (χ4v) is 1.89. The molecule has 0 aliphatic heterocycles. The third-order valence-corrected chi connectivity index (χ3v) is 3.31. The Kier molecular flexibility index (Phi) is 6.99. The average Bonchev–Trinajstić information content (AvgIpc) is 2.44. The van der Waals surface area contributed by atoms with Gasteiger partial charge in [-0.2, -0.15) is 0 Å². The molecule has 20 heavy (non-hydrogen) atoms. The average molecular weight is 275 g/mol. The van der Waals surface area contributed by atoms with E-state index in [0.717, 1.165) is 12.8 Å². The van der Waals surface area contributed by atoms with Crippen LogP contribution in [0.3, 0.4) is 0 Å². The largest absolute Gasteiger partial charge is 0.356 e. The Labute approximate surface area is 121 Å². The smallest absolute Gasteiger partial charge is 0.220 e. The van der Waals surface area contributed by atoms with Gasteiger partial charge in [0.25, 0.3) is 0 Å². The number of amides is 1. The van der Waals surface area contributed by atoms with E-state index in [9.17, 15) is 9.59 Å². The molecule has 0 saturated heterocycles. The molecule has 1 aromatic rings. The van der Waals surface area contributed by atoms with Gasteiger partial charge in [0, 0.05) is 24.9 Å². The monoisotopic (exact) mass is 275 g/mol. The lowest BCUT2D eigenvalue weighted by Crippen LogP contribution is -2.25. The minimum Gasteiger partial charge on any atom is -0.356 e. The van der Waals surface area contributed by atoms with Gasteiger partial charge in [-0.1, -0.05) is 45.0 Å². The molecule has 0 heterocycles. The Balaban J connectivity index is 2.33. The van der Waals surface area contributed by atoms with Crippen LogP contribution in [0, 0.1) is 5.92 Å². The summed E-state index contributed by atoms with van der Waals surface area (Å²) in [5.41, 5.74) is 1.91. The SMILES string of the molecule is CCc1ccc(C(=O)CCC(=O)NCCC(C)C)cc1. The minimum atomic E-state index is -0.0378. The molecule has 0 spiro atoms. The van der Waals surface area contributed by atoms with Gasteiger partial charge in [0.15, 0.2) is 5.78 Å². The van der Waals surface area contributed by atoms with Gasteiger partial charge < -0.3 is 5.32 Å². The predicted molar refractivity (Wildman–Crippen MR) is 81.8 cm³/mol. The van der Waals surface area contributed by atoms with Crippen molar-refractivity contribution in [2.75, 3.05) is 6.54 Å². The zero-order valence-corrected chi connectivity index (χ0v) is 12.7. The Morgan fingerprint density at radius 2 is 1.75 bits per heavy atom. The third-order valence-electron chi connectivity index (χ3n) is 3.31. The van der Waals surface area contributed by atoms with Crippen LogP contribution < -0.4 is 5.32 Å². The van der Waals surface area contributed by atoms with Crippen LogP contribution in [0.25, 0.3) is 0 Å². The number of Topliss-reactive ketones (excluding diaryl/α,β-unsaturated/α-hetero) is 1. The van der Waals surface area contributed by atoms with E-state index in [1.165, 1.54) is 5.56 Å². The maximum atomic E-state index is 12.0. The summed E-state index contributed by atoms with van der Waals surface area (Å²) in [4.78, 5) is 23.5. The molecule has 0 bridgehead atoms. The first kappa shape index (κ1) is 16.4. The number of rotatable bonds is 8. The van der Waals surface area contributed by atoms with Crippen LogP contribution in [-0.2, 0) is 11.2 Å². The molecule has 0 aromatic heterocycles. The van der Waals surface area contributed by atoms with Gasteiger partial charge in [-0.05, 0) is 24.3 Å². The molecule has 0 fully saturated rings. The van der Waals surface area contributed by atoms with Crippen molar-refractivity contribution < 1.29 is 9.59 Å². The quantitative estimate of drug-likeness (QED) is 0.739. The fourth-order valence-electron chi connectivity index (χ4n) is 1.89. The first-order chi connectivity index (χ1) is 9.52. The normalized spacial score (nSPS) is 10.6. The molecule has 1 amide bonds. The zero-order valence-electron chi connectivity index (χ0n) is 12.7. The molecule has 0 aliphatic rings. The van der Waals surface area contributed by atoms with Crippen molar-refractivity contribution in [2.45, 2.75) is 46.5 Å². The maximum absolute atomic E-state index is 12.0. The second kappa shape index (κ2) is 8.51. The van der Waals surface area contributed by atoms with Crippen molar-refractivity contribution in [1.82, 2.24) is 5.32 Å². The van der Waals surface area contributed by atoms with Gasteiger partial charge in [0.1, 0.15) is 0 Å². The van der Waals surface area contributed by atoms with Crippen molar-refractivity contribution in [1.29, 1.82) is 0 Å². The Bertz CT molecular complexity index is 435. The molecule has 0 saturated carbocycles. The topological polar surface area (TPSA) is 46.2 Å². The summed E-state index contributed by atoms with van der Waals surface area (Å²) in [6.45, 7) is 7.01. The molecule has 0 atom stereocenters. The molecule has 1 N–H and O–H groups in total. The van der Waals surface area contributed by atoms with Crippen LogP contribution in [0.2, 0.25) is 0 Å². The van der Waals surface area contributed by atoms with Gasteiger partial charge in [-0.15, -0.1) is 0 Å². The highest BCUT2D eigenvalue weighted by Crippen LogP contribution is 2.08. The zero-order chi connectivity index (χ0) is 15.0. The van der Waals surface area contributed by atoms with E-state index in [-0.39, 0.29) is 24.5 Å². The molecular formula is C17H25NO2. The second-order valence-electron chi connectivity index (χ2n) is 5.51. The minimum absolute atomic E-state index is 0.0339. The lowest BCUT2D eigenvalue weighted by atomic mass is 10.0. The van der Waals surface area contributed by atoms with Gasteiger partial charge >= 0.3 is 0 Å². The Morgan fingerprint density at radius 1 is 1.10 bits per heavy atom. The number of ketones is 1. The number of benzene rings is 1. The number of nitrogens with one attached hydrogen (secondary N) is 1. The van der Waals surface area contributed by atoms with Crippen LogP contribution >= 0.6 is 0 Å². The molecule has 0 aliphatic carbocycles. The van der Waals surface area contributed by atoms with Crippen LogP contribution in [0.1, 0.15) is 56.0 Å². The van der Waals surface area contributed by atoms with Crippen molar-refractivity contribution in [2.24, 2.45) is 5.92 Å². The molecule has 0 unspecified atom stereocenters. The summed E-state index contributed by atoms with van der Waals surface area (Å²) in [6, 6.07) is 7.63. The van der Waals surface area contributed by atoms with Gasteiger partial charge in [-0.25, -0.2) is 0 Å². The van der Waals surface area contributed by atoms with E-state index in [1.54, 1.807) is 0 Å². The molecule has 3 heteroatoms. The fraction of sp³-hybridized carbons (Fsp3) is 0.529. The summed E-state index contributed by atoms with van der Waals surface area (Å²) in [5.74, 6) is 0.574. The molecular weight excluding hydrogens is 250 g/mol. The van der Waals surface area contributed by atoms with E-state index in [2.05, 4.69) is 26.1 Å². The number of carbonyl (C=O) groups excluding carboxylic acids is 2. The predicted octanol–water partition coefficient (Wildman–Crippen LogP) is 3.37. The van der Waals surface area contributed by atoms with E-state index >= 15 is 0 Å². The van der Waals surface area contributed by atoms with Crippen molar-refractivity contribution in [3.8, 4) is 0 Å². The van der Waals surface area contributed by atoms with Crippen LogP contribution in [0.4, 0.5) is 0 Å². The van der Waals surface area contributed by atoms with Gasteiger partial charge in [0.2, 0.25) is 5.91 Å². The van der Waals surface area contributed by atoms with Gasteiger partial charge in [-0.3, -0.25) is 9.59 Å². The number of carbonyl (C=O) groups is 2. The lowest BCUT2D eigenvalue weighted by Gasteiger charge is -2.07. The van der Waals surface area contributed by atoms with E-state index in [1.807, 2.05) is 24.3 Å². The molecule has 110 valence electrons. The molecule has 1 rings (SSSR count). The van der Waals surface area contributed by atoms with E-state index in [0.29, 0.717) is 18.0 Å². The number of hydrogen-bond donors (Lipinski definition) is 1. The van der Waals surface area contributed by atoms with Crippen molar-refractivity contribution in [3.63, 3.8) is 0 Å². The van der Waals surface area contributed by atoms with Crippen molar-refractivity contribution >= 4 is 11.7 Å². The molecule has 0 radical (unpaired) electrons. The standard InChI is InChI=1S/C17H25NO2/c1-4-14-5-7-15(8-6-14)16(19)9-10-17(20)18-12-11-13(2)3/h5-8,13H,4,9-12H2,1-3H3,(H,18,20). The molecule has 3 nitrogen and oxygen atoms in total. The maximum Gasteiger partial charge on any atom is 0.220 e. The highest BCUT2D eigenvalue weighted by atomic mass is 16.2. The summed E-state index contributed by atoms with van der Waals surface area (Å²) in [7, 11) is 0. The van der Waals surface area contributed by atoms with E-state index in [4.69, 9.17) is 0 Å². The Hall–Kier alpha value is -1.64. The summed E-state index contributed by atoms with van der Waals surface area (Å²) in [5, 5.41) is 2.85. The van der Waals surface area contributed by atoms with Crippen LogP contribution in [-0.4, -0.2) is 18.2 Å². The first-order valence-corrected chi connectivity index (χ1v) is 7.41. The summed E-state index contributed by atoms with van der Waals surface area (Å²) < 4.78 is 0. The van der Waals surface area contributed by atoms with Crippen molar-refractivity contribution in [3.05, 3.63) is 35.4 Å². The third kappa shape index (κ3) is 6.00. The van der Waals surface area contributed by atoms with Gasteiger partial charge in [0.05, 0.1) is 0 Å². The molecule has 1 aromatic carbocycles. The van der Waals surface area contributed by atoms with Crippen LogP contribution in [0.15, 0.2) is 24.3 Å². The first-order valence-electron chi connectivity index (χ1n) is 7.41. The number of aryl methyl sites for hydroxylation is 1.